The number of alkyl halides is 1. The van der Waals surface area contributed by atoms with Crippen LogP contribution in [0.25, 0.3) is 0 Å². The monoisotopic (exact) mass is 268 g/mol. The zero-order valence-corrected chi connectivity index (χ0v) is 11.9. The summed E-state index contributed by atoms with van der Waals surface area (Å²) in [5, 5.41) is 0.194. The highest BCUT2D eigenvalue weighted by molar-refractivity contribution is 6.21. The first-order valence-electron chi connectivity index (χ1n) is 6.69. The van der Waals surface area contributed by atoms with Crippen molar-refractivity contribution in [2.75, 3.05) is 24.6 Å². The lowest BCUT2D eigenvalue weighted by atomic mass is 9.98. The highest BCUT2D eigenvalue weighted by Crippen LogP contribution is 2.31. The van der Waals surface area contributed by atoms with E-state index in [1.165, 1.54) is 0 Å². The molecule has 1 aliphatic rings. The highest BCUT2D eigenvalue weighted by atomic mass is 35.5. The molecule has 2 unspecified atom stereocenters. The molecule has 0 aliphatic carbocycles. The summed E-state index contributed by atoms with van der Waals surface area (Å²) in [5.41, 5.74) is 0. The summed E-state index contributed by atoms with van der Waals surface area (Å²) in [5.74, 6) is 2.38. The van der Waals surface area contributed by atoms with Gasteiger partial charge in [-0.3, -0.25) is 0 Å². The maximum atomic E-state index is 6.36. The van der Waals surface area contributed by atoms with Crippen LogP contribution in [0.4, 0.5) is 5.82 Å². The van der Waals surface area contributed by atoms with Crippen molar-refractivity contribution in [3.8, 4) is 5.75 Å². The molecular formula is C14H21ClN2O. The standard InChI is InChI=1S/C14H21ClN2O/c1-3-9-18-13-5-4-7-16-14(13)17-8-6-11(2)12(15)10-17/h4-5,7,11-12H,3,6,8-10H2,1-2H3. The second kappa shape index (κ2) is 6.28. The van der Waals surface area contributed by atoms with Crippen LogP contribution < -0.4 is 9.64 Å². The fourth-order valence-corrected chi connectivity index (χ4v) is 2.45. The van der Waals surface area contributed by atoms with Crippen molar-refractivity contribution >= 4 is 17.4 Å². The van der Waals surface area contributed by atoms with Gasteiger partial charge in [0.15, 0.2) is 11.6 Å². The molecule has 1 saturated heterocycles. The Hall–Kier alpha value is -0.960. The van der Waals surface area contributed by atoms with E-state index in [-0.39, 0.29) is 5.38 Å². The van der Waals surface area contributed by atoms with Crippen molar-refractivity contribution in [1.29, 1.82) is 0 Å². The van der Waals surface area contributed by atoms with E-state index in [2.05, 4.69) is 23.7 Å². The number of halogens is 1. The normalized spacial score (nSPS) is 24.1. The number of hydrogen-bond acceptors (Lipinski definition) is 3. The maximum absolute atomic E-state index is 6.36. The molecule has 0 N–H and O–H groups in total. The van der Waals surface area contributed by atoms with E-state index in [1.54, 1.807) is 0 Å². The number of aromatic nitrogens is 1. The van der Waals surface area contributed by atoms with Crippen LogP contribution in [0.2, 0.25) is 0 Å². The Kier molecular flexibility index (Phi) is 4.70. The largest absolute Gasteiger partial charge is 0.490 e. The van der Waals surface area contributed by atoms with Crippen LogP contribution in [-0.2, 0) is 0 Å². The number of nitrogens with zero attached hydrogens (tertiary/aromatic N) is 2. The molecule has 1 aliphatic heterocycles. The summed E-state index contributed by atoms with van der Waals surface area (Å²) < 4.78 is 5.75. The number of hydrogen-bond donors (Lipinski definition) is 0. The number of ether oxygens (including phenoxy) is 1. The second-order valence-electron chi connectivity index (χ2n) is 4.90. The number of anilines is 1. The molecule has 0 saturated carbocycles. The van der Waals surface area contributed by atoms with Gasteiger partial charge >= 0.3 is 0 Å². The minimum Gasteiger partial charge on any atom is -0.490 e. The first-order chi connectivity index (χ1) is 8.72. The van der Waals surface area contributed by atoms with E-state index in [9.17, 15) is 0 Å². The summed E-state index contributed by atoms with van der Waals surface area (Å²) in [6.07, 6.45) is 3.93. The summed E-state index contributed by atoms with van der Waals surface area (Å²) >= 11 is 6.36. The molecule has 0 bridgehead atoms. The number of rotatable bonds is 4. The van der Waals surface area contributed by atoms with E-state index in [1.807, 2.05) is 18.3 Å². The third-order valence-electron chi connectivity index (χ3n) is 3.38. The predicted molar refractivity (Wildman–Crippen MR) is 75.7 cm³/mol. The molecule has 3 nitrogen and oxygen atoms in total. The van der Waals surface area contributed by atoms with Crippen molar-refractivity contribution in [3.05, 3.63) is 18.3 Å². The van der Waals surface area contributed by atoms with Gasteiger partial charge in [-0.1, -0.05) is 13.8 Å². The molecule has 100 valence electrons. The smallest absolute Gasteiger partial charge is 0.171 e. The van der Waals surface area contributed by atoms with Crippen LogP contribution in [0.3, 0.4) is 0 Å². The molecule has 1 aromatic heterocycles. The molecule has 0 radical (unpaired) electrons. The van der Waals surface area contributed by atoms with Gasteiger partial charge in [-0.05, 0) is 30.9 Å². The molecule has 1 aromatic rings. The second-order valence-corrected chi connectivity index (χ2v) is 5.46. The van der Waals surface area contributed by atoms with Crippen molar-refractivity contribution in [3.63, 3.8) is 0 Å². The van der Waals surface area contributed by atoms with Crippen LogP contribution in [0.1, 0.15) is 26.7 Å². The molecule has 4 heteroatoms. The Morgan fingerprint density at radius 2 is 2.39 bits per heavy atom. The summed E-state index contributed by atoms with van der Waals surface area (Å²) in [4.78, 5) is 6.70. The van der Waals surface area contributed by atoms with Gasteiger partial charge in [0, 0.05) is 19.3 Å². The minimum atomic E-state index is 0.194. The summed E-state index contributed by atoms with van der Waals surface area (Å²) in [6, 6.07) is 3.90. The first-order valence-corrected chi connectivity index (χ1v) is 7.12. The van der Waals surface area contributed by atoms with Gasteiger partial charge in [0.25, 0.3) is 0 Å². The molecule has 18 heavy (non-hydrogen) atoms. The molecule has 2 heterocycles. The van der Waals surface area contributed by atoms with Crippen LogP contribution in [0.5, 0.6) is 5.75 Å². The zero-order valence-electron chi connectivity index (χ0n) is 11.1. The quantitative estimate of drug-likeness (QED) is 0.784. The van der Waals surface area contributed by atoms with E-state index in [0.717, 1.165) is 44.1 Å². The van der Waals surface area contributed by atoms with Crippen LogP contribution in [0.15, 0.2) is 18.3 Å². The van der Waals surface area contributed by atoms with Gasteiger partial charge in [0.1, 0.15) is 0 Å². The van der Waals surface area contributed by atoms with E-state index < -0.39 is 0 Å². The van der Waals surface area contributed by atoms with Gasteiger partial charge < -0.3 is 9.64 Å². The Bertz CT molecular complexity index is 386. The maximum Gasteiger partial charge on any atom is 0.171 e. The highest BCUT2D eigenvalue weighted by Gasteiger charge is 2.26. The molecule has 0 amide bonds. The third-order valence-corrected chi connectivity index (χ3v) is 3.95. The Labute approximate surface area is 114 Å². The summed E-state index contributed by atoms with van der Waals surface area (Å²) in [7, 11) is 0. The van der Waals surface area contributed by atoms with Crippen molar-refractivity contribution in [1.82, 2.24) is 4.98 Å². The molecular weight excluding hydrogens is 248 g/mol. The fraction of sp³-hybridized carbons (Fsp3) is 0.643. The van der Waals surface area contributed by atoms with Crippen LogP contribution in [-0.4, -0.2) is 30.1 Å². The average Bonchev–Trinajstić information content (AvgIpc) is 2.40. The molecule has 1 fully saturated rings. The number of pyridine rings is 1. The lowest BCUT2D eigenvalue weighted by molar-refractivity contribution is 0.315. The minimum absolute atomic E-state index is 0.194. The molecule has 2 atom stereocenters. The topological polar surface area (TPSA) is 25.4 Å². The van der Waals surface area contributed by atoms with E-state index >= 15 is 0 Å². The van der Waals surface area contributed by atoms with Gasteiger partial charge in [-0.25, -0.2) is 4.98 Å². The van der Waals surface area contributed by atoms with Crippen molar-refractivity contribution in [2.24, 2.45) is 5.92 Å². The third kappa shape index (κ3) is 3.08. The van der Waals surface area contributed by atoms with Crippen molar-refractivity contribution < 1.29 is 4.74 Å². The first kappa shape index (κ1) is 13.5. The fourth-order valence-electron chi connectivity index (χ4n) is 2.16. The average molecular weight is 269 g/mol. The van der Waals surface area contributed by atoms with Crippen LogP contribution >= 0.6 is 11.6 Å². The lowest BCUT2D eigenvalue weighted by Crippen LogP contribution is -2.41. The predicted octanol–water partition coefficient (Wildman–Crippen LogP) is 3.32. The zero-order chi connectivity index (χ0) is 13.0. The van der Waals surface area contributed by atoms with E-state index in [0.29, 0.717) is 5.92 Å². The van der Waals surface area contributed by atoms with Gasteiger partial charge in [-0.15, -0.1) is 11.6 Å². The van der Waals surface area contributed by atoms with Crippen LogP contribution in [0, 0.1) is 5.92 Å². The van der Waals surface area contributed by atoms with Gasteiger partial charge in [0.05, 0.1) is 12.0 Å². The summed E-state index contributed by atoms with van der Waals surface area (Å²) in [6.45, 7) is 6.90. The van der Waals surface area contributed by atoms with Crippen molar-refractivity contribution in [2.45, 2.75) is 32.1 Å². The van der Waals surface area contributed by atoms with Gasteiger partial charge in [-0.2, -0.15) is 0 Å². The Morgan fingerprint density at radius 3 is 3.11 bits per heavy atom. The molecule has 2 rings (SSSR count). The molecule has 0 spiro atoms. The Morgan fingerprint density at radius 1 is 1.56 bits per heavy atom. The van der Waals surface area contributed by atoms with Gasteiger partial charge in [0.2, 0.25) is 0 Å². The lowest BCUT2D eigenvalue weighted by Gasteiger charge is -2.35. The SMILES string of the molecule is CCCOc1cccnc1N1CCC(C)C(Cl)C1. The number of piperidine rings is 1. The Balaban J connectivity index is 2.12. The van der Waals surface area contributed by atoms with E-state index in [4.69, 9.17) is 16.3 Å². The molecule has 0 aromatic carbocycles.